The number of nitrogens with one attached hydrogen (secondary N) is 3. The Morgan fingerprint density at radius 3 is 2.15 bits per heavy atom. The van der Waals surface area contributed by atoms with Crippen molar-refractivity contribution in [2.24, 2.45) is 0 Å². The molecule has 0 aliphatic heterocycles. The topological polar surface area (TPSA) is 53.2 Å². The maximum absolute atomic E-state index is 12.2. The highest BCUT2D eigenvalue weighted by molar-refractivity contribution is 5.93. The van der Waals surface area contributed by atoms with Gasteiger partial charge in [-0.3, -0.25) is 10.2 Å². The minimum absolute atomic E-state index is 0. The predicted molar refractivity (Wildman–Crippen MR) is 108 cm³/mol. The van der Waals surface area contributed by atoms with Gasteiger partial charge in [-0.2, -0.15) is 0 Å². The van der Waals surface area contributed by atoms with E-state index in [1.54, 1.807) is 0 Å². The van der Waals surface area contributed by atoms with Crippen molar-refractivity contribution in [3.8, 4) is 0 Å². The molecule has 2 aromatic rings. The van der Waals surface area contributed by atoms with Crippen molar-refractivity contribution >= 4 is 18.3 Å². The highest BCUT2D eigenvalue weighted by Gasteiger charge is 2.26. The number of hydrogen-bond acceptors (Lipinski definition) is 3. The second-order valence-corrected chi connectivity index (χ2v) is 6.76. The number of hydrogen-bond donors (Lipinski definition) is 3. The van der Waals surface area contributed by atoms with Crippen LogP contribution < -0.4 is 16.2 Å². The monoisotopic (exact) mass is 373 g/mol. The Morgan fingerprint density at radius 1 is 0.923 bits per heavy atom. The third-order valence-electron chi connectivity index (χ3n) is 4.94. The zero-order valence-corrected chi connectivity index (χ0v) is 16.0. The van der Waals surface area contributed by atoms with Crippen molar-refractivity contribution in [3.63, 3.8) is 0 Å². The molecule has 0 saturated heterocycles. The lowest BCUT2D eigenvalue weighted by Gasteiger charge is -2.35. The molecule has 3 N–H and O–H groups in total. The van der Waals surface area contributed by atoms with Crippen LogP contribution in [0.2, 0.25) is 0 Å². The Bertz CT molecular complexity index is 665. The van der Waals surface area contributed by atoms with Crippen LogP contribution in [0.4, 0.5) is 0 Å². The summed E-state index contributed by atoms with van der Waals surface area (Å²) in [5.74, 6) is -0.0824. The molecule has 2 aromatic carbocycles. The van der Waals surface area contributed by atoms with Gasteiger partial charge in [0, 0.05) is 23.7 Å². The largest absolute Gasteiger partial charge is 0.306 e. The lowest BCUT2D eigenvalue weighted by atomic mass is 9.89. The normalized spacial score (nSPS) is 20.7. The van der Waals surface area contributed by atoms with E-state index in [0.29, 0.717) is 17.6 Å². The molecule has 0 aromatic heterocycles. The first kappa shape index (κ1) is 20.4. The molecular formula is C21H28ClN3O. The number of carbonyl (C=O) groups is 1. The summed E-state index contributed by atoms with van der Waals surface area (Å²) in [5.41, 5.74) is 8.11. The Kier molecular flexibility index (Phi) is 8.10. The summed E-state index contributed by atoms with van der Waals surface area (Å²) < 4.78 is 0. The number of rotatable bonds is 6. The van der Waals surface area contributed by atoms with Gasteiger partial charge in [-0.05, 0) is 37.5 Å². The van der Waals surface area contributed by atoms with Crippen LogP contribution in [0.1, 0.15) is 54.6 Å². The molecule has 1 aliphatic rings. The third-order valence-corrected chi connectivity index (χ3v) is 4.94. The van der Waals surface area contributed by atoms with Crippen LogP contribution in [0.3, 0.4) is 0 Å². The summed E-state index contributed by atoms with van der Waals surface area (Å²) in [6.45, 7) is 2.20. The lowest BCUT2D eigenvalue weighted by molar-refractivity contribution is 0.0912. The summed E-state index contributed by atoms with van der Waals surface area (Å²) in [6, 6.07) is 20.7. The highest BCUT2D eigenvalue weighted by atomic mass is 35.5. The van der Waals surface area contributed by atoms with Gasteiger partial charge < -0.3 is 5.32 Å². The zero-order valence-electron chi connectivity index (χ0n) is 15.2. The van der Waals surface area contributed by atoms with Crippen molar-refractivity contribution in [3.05, 3.63) is 71.8 Å². The van der Waals surface area contributed by atoms with Crippen molar-refractivity contribution in [1.82, 2.24) is 16.2 Å². The summed E-state index contributed by atoms with van der Waals surface area (Å²) in [7, 11) is 0. The van der Waals surface area contributed by atoms with E-state index >= 15 is 0 Å². The van der Waals surface area contributed by atoms with Crippen LogP contribution in [0.5, 0.6) is 0 Å². The van der Waals surface area contributed by atoms with Crippen LogP contribution in [0.15, 0.2) is 60.7 Å². The minimum Gasteiger partial charge on any atom is -0.306 e. The molecule has 0 spiro atoms. The van der Waals surface area contributed by atoms with E-state index in [9.17, 15) is 4.79 Å². The Hall–Kier alpha value is -1.88. The quantitative estimate of drug-likeness (QED) is 0.671. The molecule has 1 amide bonds. The molecule has 26 heavy (non-hydrogen) atoms. The van der Waals surface area contributed by atoms with Gasteiger partial charge in [0.2, 0.25) is 0 Å². The summed E-state index contributed by atoms with van der Waals surface area (Å²) in [5, 5.41) is 3.73. The van der Waals surface area contributed by atoms with E-state index in [2.05, 4.69) is 47.4 Å². The van der Waals surface area contributed by atoms with E-state index in [1.807, 2.05) is 36.4 Å². The van der Waals surface area contributed by atoms with Crippen LogP contribution >= 0.6 is 12.4 Å². The Labute approximate surface area is 162 Å². The Morgan fingerprint density at radius 2 is 1.50 bits per heavy atom. The van der Waals surface area contributed by atoms with E-state index in [1.165, 1.54) is 18.4 Å². The van der Waals surface area contributed by atoms with Crippen LogP contribution in [-0.4, -0.2) is 18.0 Å². The summed E-state index contributed by atoms with van der Waals surface area (Å²) in [4.78, 5) is 12.2. The minimum atomic E-state index is -0.0824. The van der Waals surface area contributed by atoms with Crippen LogP contribution in [0.25, 0.3) is 0 Å². The van der Waals surface area contributed by atoms with Crippen molar-refractivity contribution in [1.29, 1.82) is 0 Å². The third kappa shape index (κ3) is 5.56. The average molecular weight is 374 g/mol. The molecule has 140 valence electrons. The fourth-order valence-electron chi connectivity index (χ4n) is 3.48. The first-order valence-corrected chi connectivity index (χ1v) is 9.16. The molecule has 1 aliphatic carbocycles. The SMILES string of the molecule is CC(NC1CCCCC1NNC(=O)c1ccccc1)c1ccccc1.Cl. The zero-order chi connectivity index (χ0) is 17.5. The van der Waals surface area contributed by atoms with Crippen LogP contribution in [-0.2, 0) is 0 Å². The summed E-state index contributed by atoms with van der Waals surface area (Å²) >= 11 is 0. The van der Waals surface area contributed by atoms with Gasteiger partial charge in [0.25, 0.3) is 5.91 Å². The number of halogens is 1. The maximum atomic E-state index is 12.2. The number of carbonyl (C=O) groups excluding carboxylic acids is 1. The maximum Gasteiger partial charge on any atom is 0.265 e. The second kappa shape index (κ2) is 10.3. The van der Waals surface area contributed by atoms with E-state index in [-0.39, 0.29) is 24.4 Å². The van der Waals surface area contributed by atoms with E-state index in [4.69, 9.17) is 0 Å². The predicted octanol–water partition coefficient (Wildman–Crippen LogP) is 4.00. The first-order valence-electron chi connectivity index (χ1n) is 9.16. The van der Waals surface area contributed by atoms with Crippen molar-refractivity contribution in [2.75, 3.05) is 0 Å². The number of amides is 1. The standard InChI is InChI=1S/C21H27N3O.ClH/c1-16(17-10-4-2-5-11-17)22-19-14-8-9-15-20(19)23-24-21(25)18-12-6-3-7-13-18;/h2-7,10-13,16,19-20,22-23H,8-9,14-15H2,1H3,(H,24,25);1H. The number of benzene rings is 2. The molecular weight excluding hydrogens is 346 g/mol. The summed E-state index contributed by atoms with van der Waals surface area (Å²) in [6.07, 6.45) is 4.60. The van der Waals surface area contributed by atoms with Gasteiger partial charge >= 0.3 is 0 Å². The van der Waals surface area contributed by atoms with Gasteiger partial charge in [0.05, 0.1) is 0 Å². The molecule has 0 heterocycles. The molecule has 5 heteroatoms. The van der Waals surface area contributed by atoms with Crippen molar-refractivity contribution in [2.45, 2.75) is 50.7 Å². The molecule has 4 nitrogen and oxygen atoms in total. The lowest BCUT2D eigenvalue weighted by Crippen LogP contribution is -2.55. The van der Waals surface area contributed by atoms with E-state index < -0.39 is 0 Å². The van der Waals surface area contributed by atoms with Gasteiger partial charge in [0.15, 0.2) is 0 Å². The fourth-order valence-corrected chi connectivity index (χ4v) is 3.48. The smallest absolute Gasteiger partial charge is 0.265 e. The van der Waals surface area contributed by atoms with Crippen LogP contribution in [0, 0.1) is 0 Å². The molecule has 3 rings (SSSR count). The molecule has 0 bridgehead atoms. The highest BCUT2D eigenvalue weighted by Crippen LogP contribution is 2.22. The molecule has 3 atom stereocenters. The van der Waals surface area contributed by atoms with Gasteiger partial charge in [-0.25, -0.2) is 5.43 Å². The molecule has 1 fully saturated rings. The molecule has 1 saturated carbocycles. The van der Waals surface area contributed by atoms with E-state index in [0.717, 1.165) is 12.8 Å². The second-order valence-electron chi connectivity index (χ2n) is 6.76. The fraction of sp³-hybridized carbons (Fsp3) is 0.381. The van der Waals surface area contributed by atoms with Crippen molar-refractivity contribution < 1.29 is 4.79 Å². The first-order chi connectivity index (χ1) is 12.2. The van der Waals surface area contributed by atoms with Gasteiger partial charge in [0.1, 0.15) is 0 Å². The molecule has 0 radical (unpaired) electrons. The van der Waals surface area contributed by atoms with Gasteiger partial charge in [-0.15, -0.1) is 12.4 Å². The average Bonchev–Trinajstić information content (AvgIpc) is 2.68. The number of hydrazine groups is 1. The Balaban J connectivity index is 0.00000243. The van der Waals surface area contributed by atoms with Gasteiger partial charge in [-0.1, -0.05) is 61.4 Å². The molecule has 3 unspecified atom stereocenters.